The summed E-state index contributed by atoms with van der Waals surface area (Å²) >= 11 is 0. The van der Waals surface area contributed by atoms with Gasteiger partial charge in [0.25, 0.3) is 5.91 Å². The van der Waals surface area contributed by atoms with Gasteiger partial charge in [0.2, 0.25) is 5.91 Å². The van der Waals surface area contributed by atoms with Crippen molar-refractivity contribution >= 4 is 17.5 Å². The molecular weight excluding hydrogens is 374 g/mol. The fourth-order valence-electron chi connectivity index (χ4n) is 4.45. The Bertz CT molecular complexity index is 876. The SMILES string of the molecule is CC1CCCN(Cc2ccc(CNC(=O)c3ccc(N4CCCC4=O)cc3)cc2)C1. The zero-order valence-corrected chi connectivity index (χ0v) is 17.8. The fraction of sp³-hybridized carbons (Fsp3) is 0.440. The predicted octanol–water partition coefficient (Wildman–Crippen LogP) is 3.98. The zero-order valence-electron chi connectivity index (χ0n) is 17.8. The lowest BCUT2D eigenvalue weighted by Crippen LogP contribution is -2.33. The first-order valence-electron chi connectivity index (χ1n) is 11.1. The van der Waals surface area contributed by atoms with Crippen LogP contribution in [-0.4, -0.2) is 36.3 Å². The van der Waals surface area contributed by atoms with Crippen LogP contribution >= 0.6 is 0 Å². The number of carbonyl (C=O) groups is 2. The second-order valence-corrected chi connectivity index (χ2v) is 8.68. The topological polar surface area (TPSA) is 52.7 Å². The van der Waals surface area contributed by atoms with Gasteiger partial charge < -0.3 is 10.2 Å². The maximum Gasteiger partial charge on any atom is 0.251 e. The summed E-state index contributed by atoms with van der Waals surface area (Å²) in [6, 6.07) is 15.8. The number of nitrogens with one attached hydrogen (secondary N) is 1. The first kappa shape index (κ1) is 20.6. The van der Waals surface area contributed by atoms with E-state index in [0.717, 1.165) is 36.7 Å². The van der Waals surface area contributed by atoms with Crippen LogP contribution in [0, 0.1) is 5.92 Å². The number of likely N-dealkylation sites (tertiary alicyclic amines) is 1. The predicted molar refractivity (Wildman–Crippen MR) is 119 cm³/mol. The molecule has 2 heterocycles. The van der Waals surface area contributed by atoms with Crippen LogP contribution in [0.5, 0.6) is 0 Å². The number of anilines is 1. The fourth-order valence-corrected chi connectivity index (χ4v) is 4.45. The minimum atomic E-state index is -0.0966. The Kier molecular flexibility index (Phi) is 6.48. The van der Waals surface area contributed by atoms with E-state index in [-0.39, 0.29) is 11.8 Å². The zero-order chi connectivity index (χ0) is 20.9. The highest BCUT2D eigenvalue weighted by atomic mass is 16.2. The number of hydrogen-bond acceptors (Lipinski definition) is 3. The number of carbonyl (C=O) groups excluding carboxylic acids is 2. The molecule has 0 bridgehead atoms. The van der Waals surface area contributed by atoms with Gasteiger partial charge in [0.15, 0.2) is 0 Å². The summed E-state index contributed by atoms with van der Waals surface area (Å²) in [6.07, 6.45) is 4.14. The molecule has 5 heteroatoms. The number of rotatable bonds is 6. The van der Waals surface area contributed by atoms with Crippen molar-refractivity contribution in [1.82, 2.24) is 10.2 Å². The van der Waals surface area contributed by atoms with Crippen molar-refractivity contribution in [2.45, 2.75) is 45.7 Å². The first-order chi connectivity index (χ1) is 14.6. The highest BCUT2D eigenvalue weighted by Gasteiger charge is 2.21. The van der Waals surface area contributed by atoms with Gasteiger partial charge in [0.1, 0.15) is 0 Å². The number of nitrogens with zero attached hydrogens (tertiary/aromatic N) is 2. The molecule has 1 unspecified atom stereocenters. The van der Waals surface area contributed by atoms with Crippen molar-refractivity contribution < 1.29 is 9.59 Å². The Morgan fingerprint density at radius 1 is 1.00 bits per heavy atom. The van der Waals surface area contributed by atoms with Gasteiger partial charge in [0, 0.05) is 43.9 Å². The average molecular weight is 406 g/mol. The molecule has 1 N–H and O–H groups in total. The molecule has 2 aromatic rings. The molecule has 2 aromatic carbocycles. The maximum atomic E-state index is 12.5. The molecule has 0 spiro atoms. The normalized spacial score (nSPS) is 19.8. The van der Waals surface area contributed by atoms with Crippen LogP contribution in [0.2, 0.25) is 0 Å². The lowest BCUT2D eigenvalue weighted by molar-refractivity contribution is -0.117. The number of amides is 2. The van der Waals surface area contributed by atoms with Crippen molar-refractivity contribution in [1.29, 1.82) is 0 Å². The molecule has 2 amide bonds. The summed E-state index contributed by atoms with van der Waals surface area (Å²) in [5.74, 6) is 0.851. The number of benzene rings is 2. The standard InChI is InChI=1S/C25H31N3O2/c1-19-4-2-14-27(17-19)18-21-8-6-20(7-9-21)16-26-25(30)22-10-12-23(13-11-22)28-15-3-5-24(28)29/h6-13,19H,2-5,14-18H2,1H3,(H,26,30). The summed E-state index contributed by atoms with van der Waals surface area (Å²) in [5, 5.41) is 2.99. The number of hydrogen-bond donors (Lipinski definition) is 1. The van der Waals surface area contributed by atoms with Gasteiger partial charge in [-0.2, -0.15) is 0 Å². The van der Waals surface area contributed by atoms with Gasteiger partial charge in [-0.05, 0) is 67.1 Å². The van der Waals surface area contributed by atoms with E-state index in [0.29, 0.717) is 18.5 Å². The monoisotopic (exact) mass is 405 g/mol. The van der Waals surface area contributed by atoms with Gasteiger partial charge in [-0.15, -0.1) is 0 Å². The molecule has 5 nitrogen and oxygen atoms in total. The highest BCUT2D eigenvalue weighted by molar-refractivity contribution is 5.97. The Morgan fingerprint density at radius 3 is 2.40 bits per heavy atom. The molecule has 2 aliphatic heterocycles. The van der Waals surface area contributed by atoms with Crippen LogP contribution in [-0.2, 0) is 17.9 Å². The molecule has 158 valence electrons. The average Bonchev–Trinajstić information content (AvgIpc) is 3.19. The lowest BCUT2D eigenvalue weighted by atomic mass is 9.99. The molecule has 2 fully saturated rings. The second kappa shape index (κ2) is 9.43. The Hall–Kier alpha value is -2.66. The van der Waals surface area contributed by atoms with Crippen LogP contribution in [0.15, 0.2) is 48.5 Å². The number of piperidine rings is 1. The molecule has 0 aliphatic carbocycles. The van der Waals surface area contributed by atoms with Crippen LogP contribution in [0.25, 0.3) is 0 Å². The van der Waals surface area contributed by atoms with Crippen molar-refractivity contribution in [3.05, 3.63) is 65.2 Å². The molecule has 0 saturated carbocycles. The van der Waals surface area contributed by atoms with E-state index in [2.05, 4.69) is 41.4 Å². The Morgan fingerprint density at radius 2 is 1.73 bits per heavy atom. The van der Waals surface area contributed by atoms with Gasteiger partial charge in [0.05, 0.1) is 0 Å². The Labute approximate surface area is 179 Å². The molecule has 30 heavy (non-hydrogen) atoms. The van der Waals surface area contributed by atoms with Gasteiger partial charge in [-0.3, -0.25) is 14.5 Å². The summed E-state index contributed by atoms with van der Waals surface area (Å²) in [4.78, 5) is 28.6. The van der Waals surface area contributed by atoms with E-state index in [9.17, 15) is 9.59 Å². The van der Waals surface area contributed by atoms with Crippen molar-refractivity contribution in [3.63, 3.8) is 0 Å². The van der Waals surface area contributed by atoms with Crippen molar-refractivity contribution in [3.8, 4) is 0 Å². The molecular formula is C25H31N3O2. The Balaban J connectivity index is 1.27. The third kappa shape index (κ3) is 5.08. The van der Waals surface area contributed by atoms with Crippen molar-refractivity contribution in [2.75, 3.05) is 24.5 Å². The summed E-state index contributed by atoms with van der Waals surface area (Å²) in [5.41, 5.74) is 3.90. The third-order valence-corrected chi connectivity index (χ3v) is 6.14. The second-order valence-electron chi connectivity index (χ2n) is 8.68. The van der Waals surface area contributed by atoms with E-state index in [1.54, 1.807) is 17.0 Å². The largest absolute Gasteiger partial charge is 0.348 e. The summed E-state index contributed by atoms with van der Waals surface area (Å²) in [6.45, 7) is 6.97. The van der Waals surface area contributed by atoms with Crippen LogP contribution in [0.3, 0.4) is 0 Å². The van der Waals surface area contributed by atoms with E-state index >= 15 is 0 Å². The summed E-state index contributed by atoms with van der Waals surface area (Å²) in [7, 11) is 0. The van der Waals surface area contributed by atoms with E-state index in [1.807, 2.05) is 12.1 Å². The highest BCUT2D eigenvalue weighted by Crippen LogP contribution is 2.22. The molecule has 1 atom stereocenters. The van der Waals surface area contributed by atoms with Gasteiger partial charge >= 0.3 is 0 Å². The smallest absolute Gasteiger partial charge is 0.251 e. The maximum absolute atomic E-state index is 12.5. The van der Waals surface area contributed by atoms with Crippen molar-refractivity contribution in [2.24, 2.45) is 5.92 Å². The van der Waals surface area contributed by atoms with E-state index in [1.165, 1.54) is 31.5 Å². The molecule has 2 saturated heterocycles. The van der Waals surface area contributed by atoms with Gasteiger partial charge in [-0.25, -0.2) is 0 Å². The minimum Gasteiger partial charge on any atom is -0.348 e. The molecule has 0 aromatic heterocycles. The summed E-state index contributed by atoms with van der Waals surface area (Å²) < 4.78 is 0. The molecule has 4 rings (SSSR count). The first-order valence-corrected chi connectivity index (χ1v) is 11.1. The van der Waals surface area contributed by atoms with Gasteiger partial charge in [-0.1, -0.05) is 31.2 Å². The third-order valence-electron chi connectivity index (χ3n) is 6.14. The lowest BCUT2D eigenvalue weighted by Gasteiger charge is -2.30. The van der Waals surface area contributed by atoms with Crippen LogP contribution in [0.4, 0.5) is 5.69 Å². The quantitative estimate of drug-likeness (QED) is 0.791. The van der Waals surface area contributed by atoms with E-state index < -0.39 is 0 Å². The van der Waals surface area contributed by atoms with Crippen LogP contribution in [0.1, 0.15) is 54.1 Å². The minimum absolute atomic E-state index is 0.0966. The van der Waals surface area contributed by atoms with Crippen LogP contribution < -0.4 is 10.2 Å². The van der Waals surface area contributed by atoms with E-state index in [4.69, 9.17) is 0 Å². The molecule has 2 aliphatic rings. The molecule has 0 radical (unpaired) electrons.